The first-order valence-electron chi connectivity index (χ1n) is 13.6. The van der Waals surface area contributed by atoms with Gasteiger partial charge >= 0.3 is 0 Å². The molecular weight excluding hydrogens is 605 g/mol. The van der Waals surface area contributed by atoms with E-state index in [0.29, 0.717) is 0 Å². The van der Waals surface area contributed by atoms with Crippen LogP contribution in [0.4, 0.5) is 5.69 Å². The molecule has 2 amide bonds. The van der Waals surface area contributed by atoms with Gasteiger partial charge < -0.3 is 10.2 Å². The number of hydrogen-bond donors (Lipinski definition) is 1. The van der Waals surface area contributed by atoms with Crippen LogP contribution in [-0.2, 0) is 32.6 Å². The molecule has 0 heterocycles. The molecule has 224 valence electrons. The molecule has 4 rings (SSSR count). The number of carbonyl (C=O) groups is 2. The average Bonchev–Trinajstić information content (AvgIpc) is 2.99. The van der Waals surface area contributed by atoms with Gasteiger partial charge in [0, 0.05) is 20.0 Å². The fourth-order valence-corrected chi connectivity index (χ4v) is 6.43. The normalized spacial score (nSPS) is 11.9. The first-order valence-corrected chi connectivity index (χ1v) is 15.8. The lowest BCUT2D eigenvalue weighted by molar-refractivity contribution is -0.139. The lowest BCUT2D eigenvalue weighted by Crippen LogP contribution is -2.53. The molecule has 0 aliphatic carbocycles. The molecule has 43 heavy (non-hydrogen) atoms. The maximum absolute atomic E-state index is 14.3. The van der Waals surface area contributed by atoms with Crippen molar-refractivity contribution in [2.45, 2.75) is 37.8 Å². The lowest BCUT2D eigenvalue weighted by atomic mass is 10.0. The van der Waals surface area contributed by atoms with Crippen LogP contribution in [0.15, 0.2) is 102 Å². The van der Waals surface area contributed by atoms with Crippen molar-refractivity contribution in [2.75, 3.05) is 17.9 Å². The molecule has 0 aliphatic rings. The van der Waals surface area contributed by atoms with E-state index in [9.17, 15) is 18.0 Å². The third-order valence-electron chi connectivity index (χ3n) is 7.03. The zero-order chi connectivity index (χ0) is 31.1. The summed E-state index contributed by atoms with van der Waals surface area (Å²) in [5, 5.41) is 3.06. The van der Waals surface area contributed by atoms with E-state index in [1.165, 1.54) is 42.3 Å². The van der Waals surface area contributed by atoms with Gasteiger partial charge in [0.2, 0.25) is 11.8 Å². The van der Waals surface area contributed by atoms with Crippen molar-refractivity contribution in [2.24, 2.45) is 0 Å². The minimum absolute atomic E-state index is 0.00865. The number of amides is 2. The van der Waals surface area contributed by atoms with E-state index < -0.39 is 28.5 Å². The van der Waals surface area contributed by atoms with Crippen LogP contribution < -0.4 is 9.62 Å². The van der Waals surface area contributed by atoms with Crippen LogP contribution in [-0.4, -0.2) is 44.8 Å². The number of carbonyl (C=O) groups excluding carboxylic acids is 2. The van der Waals surface area contributed by atoms with Crippen LogP contribution in [0.25, 0.3) is 0 Å². The zero-order valence-electron chi connectivity index (χ0n) is 24.1. The highest BCUT2D eigenvalue weighted by Crippen LogP contribution is 2.31. The number of rotatable bonds is 11. The summed E-state index contributed by atoms with van der Waals surface area (Å²) in [4.78, 5) is 29.1. The van der Waals surface area contributed by atoms with Crippen molar-refractivity contribution in [3.05, 3.63) is 129 Å². The van der Waals surface area contributed by atoms with Crippen molar-refractivity contribution in [1.82, 2.24) is 10.2 Å². The van der Waals surface area contributed by atoms with Gasteiger partial charge in [-0.3, -0.25) is 13.9 Å². The summed E-state index contributed by atoms with van der Waals surface area (Å²) in [6.07, 6.45) is 0.232. The van der Waals surface area contributed by atoms with Crippen LogP contribution in [0, 0.1) is 13.8 Å². The molecule has 0 saturated carbocycles. The molecule has 1 atom stereocenters. The number of benzene rings is 4. The van der Waals surface area contributed by atoms with Crippen LogP contribution in [0.1, 0.15) is 22.3 Å². The van der Waals surface area contributed by atoms with E-state index in [4.69, 9.17) is 23.2 Å². The first kappa shape index (κ1) is 32.1. The molecule has 7 nitrogen and oxygen atoms in total. The predicted octanol–water partition coefficient (Wildman–Crippen LogP) is 6.19. The topological polar surface area (TPSA) is 86.8 Å². The minimum atomic E-state index is -4.24. The molecular formula is C33H33Cl2N3O4S. The second kappa shape index (κ2) is 14.1. The van der Waals surface area contributed by atoms with Gasteiger partial charge in [-0.25, -0.2) is 8.42 Å². The second-order valence-corrected chi connectivity index (χ2v) is 12.9. The van der Waals surface area contributed by atoms with E-state index >= 15 is 0 Å². The first-order chi connectivity index (χ1) is 20.5. The van der Waals surface area contributed by atoms with Crippen LogP contribution >= 0.6 is 23.2 Å². The van der Waals surface area contributed by atoms with Gasteiger partial charge in [-0.2, -0.15) is 0 Å². The van der Waals surface area contributed by atoms with Gasteiger partial charge in [0.15, 0.2) is 0 Å². The Morgan fingerprint density at radius 3 is 2.09 bits per heavy atom. The third kappa shape index (κ3) is 7.96. The summed E-state index contributed by atoms with van der Waals surface area (Å²) in [6, 6.07) is 26.8. The number of aryl methyl sites for hydroxylation is 2. The molecule has 0 unspecified atom stereocenters. The van der Waals surface area contributed by atoms with E-state index in [-0.39, 0.29) is 39.5 Å². The van der Waals surface area contributed by atoms with E-state index in [1.54, 1.807) is 12.1 Å². The Balaban J connectivity index is 1.80. The van der Waals surface area contributed by atoms with Crippen molar-refractivity contribution in [3.8, 4) is 0 Å². The summed E-state index contributed by atoms with van der Waals surface area (Å²) >= 11 is 12.4. The van der Waals surface area contributed by atoms with Crippen molar-refractivity contribution >= 4 is 50.7 Å². The third-order valence-corrected chi connectivity index (χ3v) is 9.56. The molecule has 0 fully saturated rings. The summed E-state index contributed by atoms with van der Waals surface area (Å²) in [6.45, 7) is 3.30. The fourth-order valence-electron chi connectivity index (χ4n) is 4.73. The Morgan fingerprint density at radius 2 is 1.47 bits per heavy atom. The average molecular weight is 639 g/mol. The summed E-state index contributed by atoms with van der Waals surface area (Å²) < 4.78 is 29.1. The molecule has 1 N–H and O–H groups in total. The molecule has 10 heteroatoms. The number of nitrogens with zero attached hydrogens (tertiary/aromatic N) is 2. The van der Waals surface area contributed by atoms with Gasteiger partial charge in [-0.1, -0.05) is 101 Å². The number of hydrogen-bond acceptors (Lipinski definition) is 4. The van der Waals surface area contributed by atoms with E-state index in [0.717, 1.165) is 26.6 Å². The summed E-state index contributed by atoms with van der Waals surface area (Å²) in [5.41, 5.74) is 3.70. The molecule has 4 aromatic rings. The molecule has 4 aromatic carbocycles. The standard InChI is InChI=1S/C33H33Cl2N3O4S/c1-23-12-15-28(16-13-23)43(41,42)38(27-14-17-29(34)30(35)20-27)22-32(39)37(21-26-11-7-8-24(2)18-26)31(33(40)36-3)19-25-9-5-4-6-10-25/h4-18,20,31H,19,21-22H2,1-3H3,(H,36,40)/t31-/m0/s1. The molecule has 0 bridgehead atoms. The SMILES string of the molecule is CNC(=O)[C@H](Cc1ccccc1)N(Cc1cccc(C)c1)C(=O)CN(c1ccc(Cl)c(Cl)c1)S(=O)(=O)c1ccc(C)cc1. The van der Waals surface area contributed by atoms with Gasteiger partial charge in [0.05, 0.1) is 20.6 Å². The Labute approximate surface area is 263 Å². The summed E-state index contributed by atoms with van der Waals surface area (Å²) in [5.74, 6) is -0.930. The second-order valence-electron chi connectivity index (χ2n) is 10.3. The van der Waals surface area contributed by atoms with E-state index in [1.807, 2.05) is 68.4 Å². The quantitative estimate of drug-likeness (QED) is 0.212. The Morgan fingerprint density at radius 1 is 0.791 bits per heavy atom. The highest BCUT2D eigenvalue weighted by Gasteiger charge is 2.34. The van der Waals surface area contributed by atoms with Gasteiger partial charge in [0.25, 0.3) is 10.0 Å². The van der Waals surface area contributed by atoms with Crippen molar-refractivity contribution < 1.29 is 18.0 Å². The number of nitrogens with one attached hydrogen (secondary N) is 1. The highest BCUT2D eigenvalue weighted by molar-refractivity contribution is 7.92. The Bertz CT molecular complexity index is 1700. The van der Waals surface area contributed by atoms with Crippen molar-refractivity contribution in [3.63, 3.8) is 0 Å². The van der Waals surface area contributed by atoms with Crippen molar-refractivity contribution in [1.29, 1.82) is 0 Å². The van der Waals surface area contributed by atoms with Gasteiger partial charge in [-0.05, 0) is 55.3 Å². The lowest BCUT2D eigenvalue weighted by Gasteiger charge is -2.33. The van der Waals surface area contributed by atoms with Gasteiger partial charge in [-0.15, -0.1) is 0 Å². The molecule has 0 spiro atoms. The maximum atomic E-state index is 14.3. The monoisotopic (exact) mass is 637 g/mol. The molecule has 0 aromatic heterocycles. The largest absolute Gasteiger partial charge is 0.357 e. The highest BCUT2D eigenvalue weighted by atomic mass is 35.5. The van der Waals surface area contributed by atoms with E-state index in [2.05, 4.69) is 5.32 Å². The number of anilines is 1. The summed E-state index contributed by atoms with van der Waals surface area (Å²) in [7, 11) is -2.72. The van der Waals surface area contributed by atoms with Gasteiger partial charge in [0.1, 0.15) is 12.6 Å². The predicted molar refractivity (Wildman–Crippen MR) is 172 cm³/mol. The number of likely N-dealkylation sites (N-methyl/N-ethyl adjacent to an activating group) is 1. The Kier molecular flexibility index (Phi) is 10.5. The Hall–Kier alpha value is -3.85. The zero-order valence-corrected chi connectivity index (χ0v) is 26.5. The van der Waals surface area contributed by atoms with Crippen LogP contribution in [0.5, 0.6) is 0 Å². The van der Waals surface area contributed by atoms with Crippen LogP contribution in [0.2, 0.25) is 10.0 Å². The minimum Gasteiger partial charge on any atom is -0.357 e. The smallest absolute Gasteiger partial charge is 0.264 e. The number of sulfonamides is 1. The molecule has 0 saturated heterocycles. The number of halogens is 2. The molecule has 0 aliphatic heterocycles. The maximum Gasteiger partial charge on any atom is 0.264 e. The molecule has 0 radical (unpaired) electrons. The van der Waals surface area contributed by atoms with Crippen LogP contribution in [0.3, 0.4) is 0 Å². The fraction of sp³-hybridized carbons (Fsp3) is 0.212.